The van der Waals surface area contributed by atoms with Gasteiger partial charge in [-0.25, -0.2) is 13.6 Å². The van der Waals surface area contributed by atoms with Gasteiger partial charge in [-0.05, 0) is 18.2 Å². The molecule has 0 radical (unpaired) electrons. The van der Waals surface area contributed by atoms with Crippen molar-refractivity contribution in [3.05, 3.63) is 23.8 Å². The minimum Gasteiger partial charge on any atom is -0.465 e. The van der Waals surface area contributed by atoms with Crippen molar-refractivity contribution in [2.45, 2.75) is 6.43 Å². The summed E-state index contributed by atoms with van der Waals surface area (Å²) in [6, 6.07) is 4.30. The van der Waals surface area contributed by atoms with Gasteiger partial charge >= 0.3 is 5.97 Å². The Kier molecular flexibility index (Phi) is 4.04. The molecule has 0 unspecified atom stereocenters. The van der Waals surface area contributed by atoms with Crippen molar-refractivity contribution in [1.82, 2.24) is 0 Å². The van der Waals surface area contributed by atoms with Gasteiger partial charge in [-0.3, -0.25) is 0 Å². The van der Waals surface area contributed by atoms with E-state index in [9.17, 15) is 13.6 Å². The van der Waals surface area contributed by atoms with E-state index < -0.39 is 18.9 Å². The van der Waals surface area contributed by atoms with Gasteiger partial charge in [-0.1, -0.05) is 0 Å². The van der Waals surface area contributed by atoms with E-state index in [1.54, 1.807) is 0 Å². The smallest absolute Gasteiger partial charge is 0.337 e. The molecule has 0 spiro atoms. The number of benzene rings is 1. The van der Waals surface area contributed by atoms with Gasteiger partial charge < -0.3 is 15.8 Å². The molecule has 6 heteroatoms. The monoisotopic (exact) mass is 230 g/mol. The number of nitrogens with two attached hydrogens (primary N) is 1. The van der Waals surface area contributed by atoms with Gasteiger partial charge in [0.15, 0.2) is 0 Å². The van der Waals surface area contributed by atoms with Crippen LogP contribution in [0.5, 0.6) is 0 Å². The maximum Gasteiger partial charge on any atom is 0.337 e. The molecule has 1 rings (SSSR count). The predicted molar refractivity (Wildman–Crippen MR) is 56.7 cm³/mol. The molecule has 0 aliphatic rings. The molecule has 16 heavy (non-hydrogen) atoms. The summed E-state index contributed by atoms with van der Waals surface area (Å²) >= 11 is 0. The van der Waals surface area contributed by atoms with Crippen LogP contribution < -0.4 is 11.1 Å². The fourth-order valence-corrected chi connectivity index (χ4v) is 1.14. The Hall–Kier alpha value is -1.85. The molecule has 1 aromatic carbocycles. The minimum atomic E-state index is -2.49. The van der Waals surface area contributed by atoms with Crippen LogP contribution in [-0.4, -0.2) is 26.0 Å². The van der Waals surface area contributed by atoms with Crippen LogP contribution in [0.15, 0.2) is 18.2 Å². The van der Waals surface area contributed by atoms with Crippen molar-refractivity contribution in [2.24, 2.45) is 0 Å². The molecule has 0 aliphatic heterocycles. The Morgan fingerprint density at radius 2 is 2.25 bits per heavy atom. The highest BCUT2D eigenvalue weighted by molar-refractivity contribution is 5.91. The lowest BCUT2D eigenvalue weighted by Crippen LogP contribution is -2.12. The van der Waals surface area contributed by atoms with E-state index in [-0.39, 0.29) is 5.56 Å². The minimum absolute atomic E-state index is 0.258. The van der Waals surface area contributed by atoms with Gasteiger partial charge in [0.05, 0.1) is 30.6 Å². The Morgan fingerprint density at radius 1 is 1.56 bits per heavy atom. The Labute approximate surface area is 91.4 Å². The van der Waals surface area contributed by atoms with Crippen molar-refractivity contribution < 1.29 is 18.3 Å². The van der Waals surface area contributed by atoms with E-state index in [1.165, 1.54) is 25.3 Å². The third-order valence-electron chi connectivity index (χ3n) is 1.92. The number of hydrogen-bond donors (Lipinski definition) is 2. The summed E-state index contributed by atoms with van der Waals surface area (Å²) in [5, 5.41) is 2.45. The third-order valence-corrected chi connectivity index (χ3v) is 1.92. The fourth-order valence-electron chi connectivity index (χ4n) is 1.14. The lowest BCUT2D eigenvalue weighted by atomic mass is 10.1. The molecule has 1 aromatic rings. The van der Waals surface area contributed by atoms with Crippen molar-refractivity contribution in [3.8, 4) is 0 Å². The van der Waals surface area contributed by atoms with Crippen LogP contribution in [0, 0.1) is 0 Å². The average molecular weight is 230 g/mol. The molecule has 88 valence electrons. The molecular formula is C10H12F2N2O2. The zero-order valence-electron chi connectivity index (χ0n) is 8.67. The number of nitrogen functional groups attached to an aromatic ring is 1. The van der Waals surface area contributed by atoms with Crippen molar-refractivity contribution in [3.63, 3.8) is 0 Å². The summed E-state index contributed by atoms with van der Waals surface area (Å²) in [4.78, 5) is 11.2. The summed E-state index contributed by atoms with van der Waals surface area (Å²) in [5.41, 5.74) is 6.41. The highest BCUT2D eigenvalue weighted by Gasteiger charge is 2.09. The van der Waals surface area contributed by atoms with Gasteiger partial charge in [-0.2, -0.15) is 0 Å². The predicted octanol–water partition coefficient (Wildman–Crippen LogP) is 1.73. The number of ether oxygens (including phenoxy) is 1. The molecule has 0 saturated heterocycles. The van der Waals surface area contributed by atoms with E-state index in [2.05, 4.69) is 10.1 Å². The number of anilines is 2. The molecule has 0 atom stereocenters. The summed E-state index contributed by atoms with van der Waals surface area (Å²) in [5.74, 6) is -0.542. The number of alkyl halides is 2. The molecule has 0 aromatic heterocycles. The molecule has 0 aliphatic carbocycles. The highest BCUT2D eigenvalue weighted by Crippen LogP contribution is 2.20. The number of halogens is 2. The van der Waals surface area contributed by atoms with E-state index in [4.69, 9.17) is 5.73 Å². The zero-order chi connectivity index (χ0) is 12.1. The molecule has 0 bridgehead atoms. The number of esters is 1. The highest BCUT2D eigenvalue weighted by atomic mass is 19.3. The van der Waals surface area contributed by atoms with Gasteiger partial charge in [0, 0.05) is 0 Å². The van der Waals surface area contributed by atoms with E-state index in [0.717, 1.165) is 0 Å². The van der Waals surface area contributed by atoms with Crippen molar-refractivity contribution in [1.29, 1.82) is 0 Å². The first-order valence-corrected chi connectivity index (χ1v) is 4.54. The largest absolute Gasteiger partial charge is 0.465 e. The number of hydrogen-bond acceptors (Lipinski definition) is 4. The quantitative estimate of drug-likeness (QED) is 0.610. The normalized spacial score (nSPS) is 10.2. The van der Waals surface area contributed by atoms with E-state index in [0.29, 0.717) is 11.4 Å². The van der Waals surface area contributed by atoms with Crippen LogP contribution in [-0.2, 0) is 4.74 Å². The number of carbonyl (C=O) groups is 1. The number of carbonyl (C=O) groups excluding carboxylic acids is 1. The topological polar surface area (TPSA) is 64.3 Å². The molecule has 3 N–H and O–H groups in total. The number of nitrogens with one attached hydrogen (secondary N) is 1. The number of rotatable bonds is 4. The average Bonchev–Trinajstić information content (AvgIpc) is 2.26. The first-order valence-electron chi connectivity index (χ1n) is 4.54. The van der Waals surface area contributed by atoms with Gasteiger partial charge in [0.1, 0.15) is 0 Å². The maximum absolute atomic E-state index is 12.0. The summed E-state index contributed by atoms with van der Waals surface area (Å²) in [6.45, 7) is -0.519. The van der Waals surface area contributed by atoms with Crippen LogP contribution in [0.2, 0.25) is 0 Å². The van der Waals surface area contributed by atoms with Crippen LogP contribution >= 0.6 is 0 Å². The SMILES string of the molecule is COC(=O)c1ccc(N)c(NCC(F)F)c1. The molecule has 0 heterocycles. The van der Waals surface area contributed by atoms with Crippen molar-refractivity contribution >= 4 is 17.3 Å². The fraction of sp³-hybridized carbons (Fsp3) is 0.300. The Balaban J connectivity index is 2.86. The van der Waals surface area contributed by atoms with E-state index in [1.807, 2.05) is 0 Å². The number of methoxy groups -OCH3 is 1. The Morgan fingerprint density at radius 3 is 2.81 bits per heavy atom. The van der Waals surface area contributed by atoms with Crippen molar-refractivity contribution in [2.75, 3.05) is 24.7 Å². The first-order chi connectivity index (χ1) is 7.54. The summed E-state index contributed by atoms with van der Waals surface area (Å²) < 4.78 is 28.5. The van der Waals surface area contributed by atoms with Gasteiger partial charge in [-0.15, -0.1) is 0 Å². The van der Waals surface area contributed by atoms with Gasteiger partial charge in [0.2, 0.25) is 0 Å². The first kappa shape index (κ1) is 12.2. The van der Waals surface area contributed by atoms with Crippen LogP contribution in [0.3, 0.4) is 0 Å². The zero-order valence-corrected chi connectivity index (χ0v) is 8.67. The Bertz CT molecular complexity index is 383. The summed E-state index contributed by atoms with van der Waals surface area (Å²) in [6.07, 6.45) is -2.49. The van der Waals surface area contributed by atoms with Crippen LogP contribution in [0.4, 0.5) is 20.2 Å². The summed E-state index contributed by atoms with van der Waals surface area (Å²) in [7, 11) is 1.24. The van der Waals surface area contributed by atoms with Crippen LogP contribution in [0.25, 0.3) is 0 Å². The second-order valence-corrected chi connectivity index (χ2v) is 3.07. The molecular weight excluding hydrogens is 218 g/mol. The molecule has 0 fully saturated rings. The lowest BCUT2D eigenvalue weighted by Gasteiger charge is -2.10. The second-order valence-electron chi connectivity index (χ2n) is 3.07. The molecule has 0 saturated carbocycles. The molecule has 4 nitrogen and oxygen atoms in total. The standard InChI is InChI=1S/C10H12F2N2O2/c1-16-10(15)6-2-3-7(13)8(4-6)14-5-9(11)12/h2-4,9,14H,5,13H2,1H3. The second kappa shape index (κ2) is 5.29. The van der Waals surface area contributed by atoms with E-state index >= 15 is 0 Å². The molecule has 0 amide bonds. The lowest BCUT2D eigenvalue weighted by molar-refractivity contribution is 0.0601. The van der Waals surface area contributed by atoms with Gasteiger partial charge in [0.25, 0.3) is 6.43 Å². The van der Waals surface area contributed by atoms with Crippen LogP contribution in [0.1, 0.15) is 10.4 Å². The maximum atomic E-state index is 12.0. The third kappa shape index (κ3) is 3.08.